The maximum atomic E-state index is 12.4. The molecule has 5 nitrogen and oxygen atoms in total. The fraction of sp³-hybridized carbons (Fsp3) is 0.833. The van der Waals surface area contributed by atoms with Crippen LogP contribution in [0.4, 0.5) is 13.2 Å². The van der Waals surface area contributed by atoms with Crippen molar-refractivity contribution in [1.29, 1.82) is 0 Å². The SMILES string of the molecule is COC(=O)C1C2CCC(O2)C1C(=O)OC(CF)C(F)F. The molecule has 2 fully saturated rings. The second-order valence-corrected chi connectivity index (χ2v) is 4.83. The standard InChI is InChI=1S/C12H15F3O5/c1-18-11(16)8-5-2-3-6(19-5)9(8)12(17)20-7(4-13)10(14)15/h5-10H,2-4H2,1H3. The van der Waals surface area contributed by atoms with Crippen LogP contribution in [0.15, 0.2) is 0 Å². The van der Waals surface area contributed by atoms with Crippen LogP contribution in [0.3, 0.4) is 0 Å². The maximum absolute atomic E-state index is 12.4. The molecule has 5 atom stereocenters. The third-order valence-electron chi connectivity index (χ3n) is 3.72. The first-order valence-corrected chi connectivity index (χ1v) is 6.27. The number of hydrogen-bond acceptors (Lipinski definition) is 5. The lowest BCUT2D eigenvalue weighted by molar-refractivity contribution is -0.170. The van der Waals surface area contributed by atoms with Gasteiger partial charge in [0.2, 0.25) is 0 Å². The van der Waals surface area contributed by atoms with Gasteiger partial charge in [-0.25, -0.2) is 13.2 Å². The highest BCUT2D eigenvalue weighted by atomic mass is 19.3. The second kappa shape index (κ2) is 5.99. The first-order chi connectivity index (χ1) is 9.49. The molecule has 8 heteroatoms. The smallest absolute Gasteiger partial charge is 0.313 e. The van der Waals surface area contributed by atoms with Crippen molar-refractivity contribution in [1.82, 2.24) is 0 Å². The summed E-state index contributed by atoms with van der Waals surface area (Å²) in [6.45, 7) is -1.48. The second-order valence-electron chi connectivity index (χ2n) is 4.83. The predicted molar refractivity (Wildman–Crippen MR) is 58.8 cm³/mol. The van der Waals surface area contributed by atoms with Crippen molar-refractivity contribution in [3.05, 3.63) is 0 Å². The summed E-state index contributed by atoms with van der Waals surface area (Å²) in [5.74, 6) is -3.55. The summed E-state index contributed by atoms with van der Waals surface area (Å²) < 4.78 is 51.7. The van der Waals surface area contributed by atoms with Crippen molar-refractivity contribution in [2.24, 2.45) is 11.8 Å². The van der Waals surface area contributed by atoms with Gasteiger partial charge in [0.15, 0.2) is 6.10 Å². The van der Waals surface area contributed by atoms with Gasteiger partial charge in [0.05, 0.1) is 31.2 Å². The number of alkyl halides is 3. The molecule has 2 aliphatic rings. The molecule has 2 aliphatic heterocycles. The predicted octanol–water partition coefficient (Wildman–Crippen LogP) is 1.10. The van der Waals surface area contributed by atoms with E-state index < -0.39 is 55.2 Å². The molecule has 0 aromatic rings. The number of fused-ring (bicyclic) bond motifs is 2. The van der Waals surface area contributed by atoms with E-state index in [1.165, 1.54) is 7.11 Å². The number of ether oxygens (including phenoxy) is 3. The van der Waals surface area contributed by atoms with Crippen LogP contribution in [0.5, 0.6) is 0 Å². The van der Waals surface area contributed by atoms with Gasteiger partial charge >= 0.3 is 11.9 Å². The Kier molecular flexibility index (Phi) is 4.52. The van der Waals surface area contributed by atoms with Gasteiger partial charge in [0.25, 0.3) is 6.43 Å². The number of carbonyl (C=O) groups excluding carboxylic acids is 2. The van der Waals surface area contributed by atoms with Crippen molar-refractivity contribution in [3.8, 4) is 0 Å². The summed E-state index contributed by atoms with van der Waals surface area (Å²) in [5, 5.41) is 0. The molecular formula is C12H15F3O5. The van der Waals surface area contributed by atoms with E-state index >= 15 is 0 Å². The number of esters is 2. The molecule has 0 radical (unpaired) electrons. The molecular weight excluding hydrogens is 281 g/mol. The van der Waals surface area contributed by atoms with E-state index in [1.54, 1.807) is 0 Å². The lowest BCUT2D eigenvalue weighted by Crippen LogP contribution is -2.42. The van der Waals surface area contributed by atoms with Gasteiger partial charge in [0, 0.05) is 0 Å². The molecule has 0 saturated carbocycles. The van der Waals surface area contributed by atoms with Crippen LogP contribution in [0, 0.1) is 11.8 Å². The van der Waals surface area contributed by atoms with Crippen LogP contribution < -0.4 is 0 Å². The molecule has 0 amide bonds. The van der Waals surface area contributed by atoms with Crippen molar-refractivity contribution in [3.63, 3.8) is 0 Å². The van der Waals surface area contributed by atoms with E-state index in [9.17, 15) is 22.8 Å². The van der Waals surface area contributed by atoms with Gasteiger partial charge in [0.1, 0.15) is 6.67 Å². The zero-order valence-corrected chi connectivity index (χ0v) is 10.8. The fourth-order valence-corrected chi connectivity index (χ4v) is 2.79. The quantitative estimate of drug-likeness (QED) is 0.711. The number of methoxy groups -OCH3 is 1. The minimum absolute atomic E-state index is 0.472. The zero-order valence-electron chi connectivity index (χ0n) is 10.8. The van der Waals surface area contributed by atoms with E-state index in [1.807, 2.05) is 0 Å². The fourth-order valence-electron chi connectivity index (χ4n) is 2.79. The van der Waals surface area contributed by atoms with Gasteiger partial charge < -0.3 is 14.2 Å². The third-order valence-corrected chi connectivity index (χ3v) is 3.72. The molecule has 0 aromatic heterocycles. The number of halogens is 3. The Hall–Kier alpha value is -1.31. The summed E-state index contributed by atoms with van der Waals surface area (Å²) in [6, 6.07) is 0. The van der Waals surface area contributed by atoms with Crippen LogP contribution in [0.25, 0.3) is 0 Å². The third kappa shape index (κ3) is 2.61. The highest BCUT2D eigenvalue weighted by molar-refractivity contribution is 5.84. The first kappa shape index (κ1) is 15.1. The summed E-state index contributed by atoms with van der Waals surface area (Å²) in [4.78, 5) is 23.6. The highest BCUT2D eigenvalue weighted by Gasteiger charge is 2.57. The van der Waals surface area contributed by atoms with Crippen LogP contribution in [-0.4, -0.2) is 50.5 Å². The Morgan fingerprint density at radius 1 is 1.20 bits per heavy atom. The molecule has 2 rings (SSSR count). The van der Waals surface area contributed by atoms with Crippen LogP contribution >= 0.6 is 0 Å². The number of rotatable bonds is 5. The molecule has 20 heavy (non-hydrogen) atoms. The molecule has 114 valence electrons. The van der Waals surface area contributed by atoms with Gasteiger partial charge in [-0.3, -0.25) is 9.59 Å². The molecule has 2 bridgehead atoms. The van der Waals surface area contributed by atoms with Crippen LogP contribution in [-0.2, 0) is 23.8 Å². The maximum Gasteiger partial charge on any atom is 0.313 e. The van der Waals surface area contributed by atoms with Gasteiger partial charge in [-0.2, -0.15) is 0 Å². The van der Waals surface area contributed by atoms with E-state index in [2.05, 4.69) is 9.47 Å². The zero-order chi connectivity index (χ0) is 14.9. The van der Waals surface area contributed by atoms with E-state index in [-0.39, 0.29) is 0 Å². The van der Waals surface area contributed by atoms with E-state index in [0.717, 1.165) is 0 Å². The molecule has 0 N–H and O–H groups in total. The summed E-state index contributed by atoms with van der Waals surface area (Å²) in [7, 11) is 1.17. The Balaban J connectivity index is 2.09. The minimum Gasteiger partial charge on any atom is -0.469 e. The van der Waals surface area contributed by atoms with Gasteiger partial charge in [-0.1, -0.05) is 0 Å². The topological polar surface area (TPSA) is 61.8 Å². The highest BCUT2D eigenvalue weighted by Crippen LogP contribution is 2.44. The van der Waals surface area contributed by atoms with Crippen molar-refractivity contribution >= 4 is 11.9 Å². The number of carbonyl (C=O) groups is 2. The van der Waals surface area contributed by atoms with Crippen LogP contribution in [0.2, 0.25) is 0 Å². The molecule has 2 heterocycles. The van der Waals surface area contributed by atoms with Crippen molar-refractivity contribution in [2.75, 3.05) is 13.8 Å². The number of hydrogen-bond donors (Lipinski definition) is 0. The summed E-state index contributed by atoms with van der Waals surface area (Å²) in [5.41, 5.74) is 0. The van der Waals surface area contributed by atoms with Crippen molar-refractivity contribution in [2.45, 2.75) is 37.6 Å². The van der Waals surface area contributed by atoms with Gasteiger partial charge in [-0.05, 0) is 12.8 Å². The normalized spacial score (nSPS) is 33.2. The monoisotopic (exact) mass is 296 g/mol. The first-order valence-electron chi connectivity index (χ1n) is 6.27. The van der Waals surface area contributed by atoms with Crippen molar-refractivity contribution < 1.29 is 37.0 Å². The summed E-state index contributed by atoms with van der Waals surface area (Å²) in [6.07, 6.45) is -5.13. The van der Waals surface area contributed by atoms with E-state index in [0.29, 0.717) is 12.8 Å². The lowest BCUT2D eigenvalue weighted by Gasteiger charge is -2.25. The average molecular weight is 296 g/mol. The Morgan fingerprint density at radius 2 is 1.75 bits per heavy atom. The minimum atomic E-state index is -3.11. The Morgan fingerprint density at radius 3 is 2.20 bits per heavy atom. The molecule has 0 aliphatic carbocycles. The Bertz CT molecular complexity index is 389. The molecule has 2 saturated heterocycles. The van der Waals surface area contributed by atoms with Gasteiger partial charge in [-0.15, -0.1) is 0 Å². The van der Waals surface area contributed by atoms with E-state index in [4.69, 9.17) is 4.74 Å². The molecule has 0 aromatic carbocycles. The lowest BCUT2D eigenvalue weighted by atomic mass is 9.79. The van der Waals surface area contributed by atoms with Crippen LogP contribution in [0.1, 0.15) is 12.8 Å². The summed E-state index contributed by atoms with van der Waals surface area (Å²) >= 11 is 0. The Labute approximate surface area is 113 Å². The average Bonchev–Trinajstić information content (AvgIpc) is 3.03. The molecule has 5 unspecified atom stereocenters. The molecule has 0 spiro atoms. The largest absolute Gasteiger partial charge is 0.469 e.